The van der Waals surface area contributed by atoms with Gasteiger partial charge in [-0.2, -0.15) is 5.10 Å². The number of halogens is 1. The van der Waals surface area contributed by atoms with Gasteiger partial charge in [-0.25, -0.2) is 4.68 Å². The molecule has 0 radical (unpaired) electrons. The van der Waals surface area contributed by atoms with Crippen LogP contribution in [0.25, 0.3) is 11.1 Å². The summed E-state index contributed by atoms with van der Waals surface area (Å²) in [5.74, 6) is -0.0936. The number of nitrogens with zero attached hydrogens (tertiary/aromatic N) is 2. The first-order valence-electron chi connectivity index (χ1n) is 9.32. The third-order valence-corrected chi connectivity index (χ3v) is 5.32. The van der Waals surface area contributed by atoms with Gasteiger partial charge in [-0.15, -0.1) is 0 Å². The molecule has 1 saturated carbocycles. The van der Waals surface area contributed by atoms with E-state index in [2.05, 4.69) is 24.3 Å². The lowest BCUT2D eigenvalue weighted by Crippen LogP contribution is -2.49. The topological polar surface area (TPSA) is 64.0 Å². The highest BCUT2D eigenvalue weighted by Crippen LogP contribution is 2.39. The van der Waals surface area contributed by atoms with Gasteiger partial charge in [-0.3, -0.25) is 9.59 Å². The molecule has 1 heterocycles. The van der Waals surface area contributed by atoms with Crippen LogP contribution in [0.5, 0.6) is 0 Å². The van der Waals surface area contributed by atoms with Gasteiger partial charge >= 0.3 is 0 Å². The predicted octanol–water partition coefficient (Wildman–Crippen LogP) is 3.99. The van der Waals surface area contributed by atoms with Crippen molar-refractivity contribution in [1.82, 2.24) is 15.1 Å². The van der Waals surface area contributed by atoms with Crippen LogP contribution in [0.1, 0.15) is 52.1 Å². The Kier molecular flexibility index (Phi) is 5.43. The molecule has 5 nitrogen and oxygen atoms in total. The summed E-state index contributed by atoms with van der Waals surface area (Å²) in [4.78, 5) is 24.9. The molecule has 1 aromatic carbocycles. The highest BCUT2D eigenvalue weighted by atomic mass is 35.5. The molecule has 1 aliphatic rings. The van der Waals surface area contributed by atoms with Crippen molar-refractivity contribution < 1.29 is 4.79 Å². The van der Waals surface area contributed by atoms with Gasteiger partial charge in [0, 0.05) is 28.3 Å². The number of hydrogen-bond acceptors (Lipinski definition) is 3. The number of hydrogen-bond donors (Lipinski definition) is 1. The van der Waals surface area contributed by atoms with Gasteiger partial charge in [0.05, 0.1) is 5.69 Å². The molecule has 0 saturated heterocycles. The van der Waals surface area contributed by atoms with Crippen LogP contribution in [-0.2, 0) is 11.3 Å². The van der Waals surface area contributed by atoms with Crippen LogP contribution in [-0.4, -0.2) is 21.7 Å². The van der Waals surface area contributed by atoms with Gasteiger partial charge < -0.3 is 5.32 Å². The van der Waals surface area contributed by atoms with E-state index in [9.17, 15) is 9.59 Å². The van der Waals surface area contributed by atoms with E-state index >= 15 is 0 Å². The molecule has 1 N–H and O–H groups in total. The van der Waals surface area contributed by atoms with E-state index in [0.29, 0.717) is 5.02 Å². The largest absolute Gasteiger partial charge is 0.352 e. The fraction of sp³-hybridized carbons (Fsp3) is 0.476. The van der Waals surface area contributed by atoms with Crippen LogP contribution in [0, 0.1) is 5.41 Å². The van der Waals surface area contributed by atoms with Gasteiger partial charge in [-0.1, -0.05) is 57.5 Å². The molecule has 0 aliphatic heterocycles. The van der Waals surface area contributed by atoms with E-state index in [1.54, 1.807) is 6.07 Å². The average molecular weight is 388 g/mol. The fourth-order valence-electron chi connectivity index (χ4n) is 3.73. The lowest BCUT2D eigenvalue weighted by Gasteiger charge is -2.42. The third-order valence-electron chi connectivity index (χ3n) is 4.99. The third kappa shape index (κ3) is 4.41. The second-order valence-electron chi connectivity index (χ2n) is 8.41. The van der Waals surface area contributed by atoms with E-state index < -0.39 is 0 Å². The minimum Gasteiger partial charge on any atom is -0.352 e. The molecule has 0 atom stereocenters. The van der Waals surface area contributed by atoms with Crippen LogP contribution in [0.2, 0.25) is 5.02 Å². The highest BCUT2D eigenvalue weighted by molar-refractivity contribution is 6.33. The van der Waals surface area contributed by atoms with Crippen LogP contribution in [0.3, 0.4) is 0 Å². The Morgan fingerprint density at radius 1 is 1.30 bits per heavy atom. The maximum absolute atomic E-state index is 12.6. The average Bonchev–Trinajstić information content (AvgIpc) is 2.55. The highest BCUT2D eigenvalue weighted by Gasteiger charge is 2.36. The zero-order chi connectivity index (χ0) is 19.8. The monoisotopic (exact) mass is 387 g/mol. The first-order chi connectivity index (χ1) is 12.7. The second kappa shape index (κ2) is 7.47. The Bertz CT molecular complexity index is 910. The summed E-state index contributed by atoms with van der Waals surface area (Å²) in [6.07, 6.45) is 1.92. The Morgan fingerprint density at radius 3 is 2.56 bits per heavy atom. The predicted molar refractivity (Wildman–Crippen MR) is 108 cm³/mol. The van der Waals surface area contributed by atoms with Crippen molar-refractivity contribution in [1.29, 1.82) is 0 Å². The van der Waals surface area contributed by atoms with Crippen molar-refractivity contribution in [3.05, 3.63) is 51.4 Å². The van der Waals surface area contributed by atoms with Crippen molar-refractivity contribution in [2.45, 2.75) is 59.0 Å². The van der Waals surface area contributed by atoms with E-state index in [0.717, 1.165) is 29.7 Å². The number of carbonyl (C=O) groups is 1. The molecule has 144 valence electrons. The molecule has 6 heteroatoms. The Hall–Kier alpha value is -2.14. The van der Waals surface area contributed by atoms with Crippen molar-refractivity contribution >= 4 is 17.5 Å². The van der Waals surface area contributed by atoms with Crippen LogP contribution >= 0.6 is 11.6 Å². The summed E-state index contributed by atoms with van der Waals surface area (Å²) in [5.41, 5.74) is 2.23. The Balaban J connectivity index is 1.85. The minimum atomic E-state index is -0.307. The molecule has 3 rings (SSSR count). The van der Waals surface area contributed by atoms with Crippen LogP contribution in [0.4, 0.5) is 0 Å². The van der Waals surface area contributed by atoms with Crippen LogP contribution in [0.15, 0.2) is 35.1 Å². The molecular formula is C21H26ClN3O2. The van der Waals surface area contributed by atoms with E-state index in [1.807, 2.05) is 32.0 Å². The second-order valence-corrected chi connectivity index (χ2v) is 8.82. The van der Waals surface area contributed by atoms with Crippen molar-refractivity contribution in [3.8, 4) is 11.1 Å². The zero-order valence-electron chi connectivity index (χ0n) is 16.3. The van der Waals surface area contributed by atoms with Crippen molar-refractivity contribution in [2.24, 2.45) is 5.41 Å². The van der Waals surface area contributed by atoms with E-state index in [4.69, 9.17) is 11.6 Å². The van der Waals surface area contributed by atoms with Crippen molar-refractivity contribution in [3.63, 3.8) is 0 Å². The fourth-order valence-corrected chi connectivity index (χ4v) is 3.96. The Morgan fingerprint density at radius 2 is 1.96 bits per heavy atom. The zero-order valence-corrected chi connectivity index (χ0v) is 17.0. The maximum Gasteiger partial charge on any atom is 0.267 e. The van der Waals surface area contributed by atoms with E-state index in [1.165, 1.54) is 10.7 Å². The number of nitrogens with one attached hydrogen (secondary N) is 1. The molecular weight excluding hydrogens is 362 g/mol. The quantitative estimate of drug-likeness (QED) is 0.843. The molecule has 0 spiro atoms. The standard InChI is InChI=1S/C21H26ClN3O2/c1-13(2)20-16(15-7-5-6-8-17(15)22)9-19(27)25(24-20)12-18(26)23-14-10-21(3,4)11-14/h5-9,13-14H,10-12H2,1-4H3,(H,23,26). The number of benzene rings is 1. The summed E-state index contributed by atoms with van der Waals surface area (Å²) in [6.45, 7) is 8.31. The molecule has 0 bridgehead atoms. The van der Waals surface area contributed by atoms with Gasteiger partial charge in [0.15, 0.2) is 0 Å². The first kappa shape index (κ1) is 19.6. The molecule has 2 aromatic rings. The Labute approximate surface area is 164 Å². The number of aromatic nitrogens is 2. The molecule has 1 aliphatic carbocycles. The molecule has 27 heavy (non-hydrogen) atoms. The summed E-state index contributed by atoms with van der Waals surface area (Å²) in [5, 5.41) is 8.06. The molecule has 1 amide bonds. The van der Waals surface area contributed by atoms with Gasteiger partial charge in [0.2, 0.25) is 5.91 Å². The lowest BCUT2D eigenvalue weighted by atomic mass is 9.68. The number of amides is 1. The van der Waals surface area contributed by atoms with Gasteiger partial charge in [0.25, 0.3) is 5.56 Å². The molecule has 1 aromatic heterocycles. The van der Waals surface area contributed by atoms with E-state index in [-0.39, 0.29) is 35.4 Å². The maximum atomic E-state index is 12.6. The molecule has 0 unspecified atom stereocenters. The molecule has 1 fully saturated rings. The first-order valence-corrected chi connectivity index (χ1v) is 9.70. The van der Waals surface area contributed by atoms with Crippen LogP contribution < -0.4 is 10.9 Å². The summed E-state index contributed by atoms with van der Waals surface area (Å²) in [6, 6.07) is 9.12. The smallest absolute Gasteiger partial charge is 0.267 e. The SMILES string of the molecule is CC(C)c1nn(CC(=O)NC2CC(C)(C)C2)c(=O)cc1-c1ccccc1Cl. The lowest BCUT2D eigenvalue weighted by molar-refractivity contribution is -0.124. The summed E-state index contributed by atoms with van der Waals surface area (Å²) >= 11 is 6.31. The number of rotatable bonds is 5. The normalized spacial score (nSPS) is 16.2. The number of carbonyl (C=O) groups excluding carboxylic acids is 1. The van der Waals surface area contributed by atoms with Crippen molar-refractivity contribution in [2.75, 3.05) is 0 Å². The van der Waals surface area contributed by atoms with Gasteiger partial charge in [0.1, 0.15) is 6.54 Å². The summed E-state index contributed by atoms with van der Waals surface area (Å²) < 4.78 is 1.24. The van der Waals surface area contributed by atoms with Gasteiger partial charge in [-0.05, 0) is 30.2 Å². The minimum absolute atomic E-state index is 0.0711. The summed E-state index contributed by atoms with van der Waals surface area (Å²) in [7, 11) is 0.